The van der Waals surface area contributed by atoms with Crippen LogP contribution >= 0.6 is 34.5 Å². The minimum absolute atomic E-state index is 0.0176. The second kappa shape index (κ2) is 6.94. The maximum atomic E-state index is 12.4. The van der Waals surface area contributed by atoms with Gasteiger partial charge in [0, 0.05) is 21.9 Å². The van der Waals surface area contributed by atoms with Gasteiger partial charge in [0.15, 0.2) is 0 Å². The fourth-order valence-corrected chi connectivity index (χ4v) is 4.52. The molecule has 1 fully saturated rings. The van der Waals surface area contributed by atoms with Crippen molar-refractivity contribution >= 4 is 51.4 Å². The molecule has 25 heavy (non-hydrogen) atoms. The van der Waals surface area contributed by atoms with Gasteiger partial charge in [0.1, 0.15) is 0 Å². The van der Waals surface area contributed by atoms with E-state index in [1.54, 1.807) is 16.6 Å². The molecule has 2 heterocycles. The van der Waals surface area contributed by atoms with Crippen molar-refractivity contribution in [3.05, 3.63) is 33.6 Å². The summed E-state index contributed by atoms with van der Waals surface area (Å²) in [5.74, 6) is 0.429. The van der Waals surface area contributed by atoms with Gasteiger partial charge in [-0.25, -0.2) is 4.52 Å². The number of halogens is 2. The first kappa shape index (κ1) is 16.8. The van der Waals surface area contributed by atoms with Crippen molar-refractivity contribution in [3.63, 3.8) is 0 Å². The van der Waals surface area contributed by atoms with Crippen LogP contribution in [0.15, 0.2) is 23.6 Å². The first-order chi connectivity index (χ1) is 12.1. The first-order valence-electron chi connectivity index (χ1n) is 8.22. The zero-order valence-corrected chi connectivity index (χ0v) is 15.7. The number of carbonyl (C=O) groups excluding carboxylic acids is 1. The van der Waals surface area contributed by atoms with E-state index in [0.717, 1.165) is 36.9 Å². The molecule has 0 spiro atoms. The summed E-state index contributed by atoms with van der Waals surface area (Å²) >= 11 is 13.7. The molecule has 3 aromatic rings. The Balaban J connectivity index is 1.61. The molecular weight excluding hydrogens is 379 g/mol. The molecule has 1 aliphatic rings. The standard InChI is InChI=1S/C17H16Cl2N4OS/c18-11-6-7-12(13(19)8-11)14-9-25-17-21-16(22-23(14)17)20-15(24)10-4-2-1-3-5-10/h6-10H,1-5H2,(H,20,22,24). The molecule has 8 heteroatoms. The number of anilines is 1. The van der Waals surface area contributed by atoms with Crippen LogP contribution in [0.4, 0.5) is 5.95 Å². The number of aromatic nitrogens is 3. The lowest BCUT2D eigenvalue weighted by molar-refractivity contribution is -0.120. The number of amides is 1. The smallest absolute Gasteiger partial charge is 0.250 e. The quantitative estimate of drug-likeness (QED) is 0.656. The highest BCUT2D eigenvalue weighted by molar-refractivity contribution is 7.15. The van der Waals surface area contributed by atoms with E-state index in [0.29, 0.717) is 21.0 Å². The van der Waals surface area contributed by atoms with Gasteiger partial charge in [-0.2, -0.15) is 4.98 Å². The summed E-state index contributed by atoms with van der Waals surface area (Å²) in [4.78, 5) is 17.5. The Morgan fingerprint density at radius 2 is 2.04 bits per heavy atom. The van der Waals surface area contributed by atoms with Crippen molar-refractivity contribution in [2.24, 2.45) is 5.92 Å². The van der Waals surface area contributed by atoms with Crippen LogP contribution in [0.2, 0.25) is 10.0 Å². The molecule has 1 aromatic carbocycles. The lowest BCUT2D eigenvalue weighted by Gasteiger charge is -2.19. The molecule has 1 amide bonds. The van der Waals surface area contributed by atoms with Crippen molar-refractivity contribution in [1.82, 2.24) is 14.6 Å². The van der Waals surface area contributed by atoms with Gasteiger partial charge in [-0.15, -0.1) is 16.4 Å². The summed E-state index contributed by atoms with van der Waals surface area (Å²) in [5.41, 5.74) is 1.65. The van der Waals surface area contributed by atoms with E-state index < -0.39 is 0 Å². The van der Waals surface area contributed by atoms with Gasteiger partial charge in [0.2, 0.25) is 16.8 Å². The zero-order valence-electron chi connectivity index (χ0n) is 13.3. The average molecular weight is 395 g/mol. The monoisotopic (exact) mass is 394 g/mol. The molecule has 2 aromatic heterocycles. The third-order valence-corrected chi connectivity index (χ3v) is 5.86. The third-order valence-electron chi connectivity index (χ3n) is 4.50. The Kier molecular flexibility index (Phi) is 4.67. The van der Waals surface area contributed by atoms with E-state index in [9.17, 15) is 4.79 Å². The summed E-state index contributed by atoms with van der Waals surface area (Å²) in [5, 5.41) is 10.4. The fourth-order valence-electron chi connectivity index (χ4n) is 3.19. The Bertz CT molecular complexity index is 930. The van der Waals surface area contributed by atoms with E-state index in [4.69, 9.17) is 23.2 Å². The molecule has 0 saturated heterocycles. The molecule has 0 unspecified atom stereocenters. The number of thiazole rings is 1. The molecule has 130 valence electrons. The average Bonchev–Trinajstić information content (AvgIpc) is 3.16. The van der Waals surface area contributed by atoms with Gasteiger partial charge in [-0.1, -0.05) is 42.5 Å². The number of carbonyl (C=O) groups is 1. The highest BCUT2D eigenvalue weighted by atomic mass is 35.5. The summed E-state index contributed by atoms with van der Waals surface area (Å²) in [6.07, 6.45) is 5.33. The topological polar surface area (TPSA) is 59.3 Å². The van der Waals surface area contributed by atoms with Crippen LogP contribution in [-0.2, 0) is 4.79 Å². The number of benzene rings is 1. The van der Waals surface area contributed by atoms with E-state index in [2.05, 4.69) is 15.4 Å². The van der Waals surface area contributed by atoms with Crippen LogP contribution in [0.3, 0.4) is 0 Å². The van der Waals surface area contributed by atoms with E-state index in [1.807, 2.05) is 11.4 Å². The molecule has 0 atom stereocenters. The van der Waals surface area contributed by atoms with Crippen molar-refractivity contribution in [1.29, 1.82) is 0 Å². The van der Waals surface area contributed by atoms with Crippen LogP contribution in [0.5, 0.6) is 0 Å². The fraction of sp³-hybridized carbons (Fsp3) is 0.353. The number of rotatable bonds is 3. The van der Waals surface area contributed by atoms with Crippen molar-refractivity contribution < 1.29 is 4.79 Å². The molecule has 5 nitrogen and oxygen atoms in total. The summed E-state index contributed by atoms with van der Waals surface area (Å²) in [6, 6.07) is 5.34. The Hall–Kier alpha value is -1.63. The summed E-state index contributed by atoms with van der Waals surface area (Å²) in [7, 11) is 0. The van der Waals surface area contributed by atoms with Gasteiger partial charge in [-0.05, 0) is 31.0 Å². The minimum atomic E-state index is 0.0176. The van der Waals surface area contributed by atoms with E-state index >= 15 is 0 Å². The van der Waals surface area contributed by atoms with Crippen LogP contribution in [0, 0.1) is 5.92 Å². The molecule has 1 aliphatic carbocycles. The molecule has 0 aliphatic heterocycles. The second-order valence-corrected chi connectivity index (χ2v) is 7.88. The number of hydrogen-bond donors (Lipinski definition) is 1. The SMILES string of the molecule is O=C(Nc1nc2scc(-c3ccc(Cl)cc3Cl)n2n1)C1CCCCC1. The van der Waals surface area contributed by atoms with Crippen molar-refractivity contribution in [2.75, 3.05) is 5.32 Å². The van der Waals surface area contributed by atoms with E-state index in [1.165, 1.54) is 17.8 Å². The Morgan fingerprint density at radius 1 is 1.24 bits per heavy atom. The Labute approximate surface area is 159 Å². The molecular formula is C17H16Cl2N4OS. The van der Waals surface area contributed by atoms with Gasteiger partial charge >= 0.3 is 0 Å². The zero-order chi connectivity index (χ0) is 17.4. The van der Waals surface area contributed by atoms with Crippen LogP contribution in [-0.4, -0.2) is 20.5 Å². The minimum Gasteiger partial charge on any atom is -0.293 e. The normalized spacial score (nSPS) is 15.6. The van der Waals surface area contributed by atoms with Crippen molar-refractivity contribution in [3.8, 4) is 11.3 Å². The number of fused-ring (bicyclic) bond motifs is 1. The van der Waals surface area contributed by atoms with Gasteiger partial charge in [0.25, 0.3) is 0 Å². The van der Waals surface area contributed by atoms with Gasteiger partial charge in [0.05, 0.1) is 10.7 Å². The molecule has 0 bridgehead atoms. The summed E-state index contributed by atoms with van der Waals surface area (Å²) in [6.45, 7) is 0. The van der Waals surface area contributed by atoms with Crippen LogP contribution in [0.25, 0.3) is 16.2 Å². The lowest BCUT2D eigenvalue weighted by atomic mass is 9.89. The van der Waals surface area contributed by atoms with Gasteiger partial charge < -0.3 is 0 Å². The molecule has 1 saturated carbocycles. The molecule has 0 radical (unpaired) electrons. The number of hydrogen-bond acceptors (Lipinski definition) is 4. The van der Waals surface area contributed by atoms with Crippen molar-refractivity contribution in [2.45, 2.75) is 32.1 Å². The van der Waals surface area contributed by atoms with Gasteiger partial charge in [-0.3, -0.25) is 10.1 Å². The number of nitrogens with zero attached hydrogens (tertiary/aromatic N) is 3. The first-order valence-corrected chi connectivity index (χ1v) is 9.86. The predicted molar refractivity (Wildman–Crippen MR) is 102 cm³/mol. The third kappa shape index (κ3) is 3.38. The highest BCUT2D eigenvalue weighted by Crippen LogP contribution is 2.33. The van der Waals surface area contributed by atoms with Crippen LogP contribution in [0.1, 0.15) is 32.1 Å². The second-order valence-electron chi connectivity index (χ2n) is 6.20. The summed E-state index contributed by atoms with van der Waals surface area (Å²) < 4.78 is 1.70. The number of nitrogens with one attached hydrogen (secondary N) is 1. The predicted octanol–water partition coefficient (Wildman–Crippen LogP) is 5.28. The molecule has 4 rings (SSSR count). The van der Waals surface area contributed by atoms with Crippen LogP contribution < -0.4 is 5.32 Å². The largest absolute Gasteiger partial charge is 0.293 e. The highest BCUT2D eigenvalue weighted by Gasteiger charge is 2.23. The maximum absolute atomic E-state index is 12.4. The molecule has 1 N–H and O–H groups in total. The Morgan fingerprint density at radius 3 is 2.80 bits per heavy atom. The van der Waals surface area contributed by atoms with E-state index in [-0.39, 0.29) is 11.8 Å². The maximum Gasteiger partial charge on any atom is 0.250 e. The lowest BCUT2D eigenvalue weighted by Crippen LogP contribution is -2.25.